The fraction of sp³-hybridized carbons (Fsp3) is 0.500. The van der Waals surface area contributed by atoms with Crippen LogP contribution in [0.15, 0.2) is 24.3 Å². The van der Waals surface area contributed by atoms with E-state index < -0.39 is 5.54 Å². The van der Waals surface area contributed by atoms with Crippen LogP contribution in [0.1, 0.15) is 32.3 Å². The van der Waals surface area contributed by atoms with E-state index in [0.29, 0.717) is 24.9 Å². The molecule has 0 saturated carbocycles. The smallest absolute Gasteiger partial charge is 0.244 e. The molecule has 0 fully saturated rings. The van der Waals surface area contributed by atoms with E-state index in [1.807, 2.05) is 26.0 Å². The fourth-order valence-electron chi connectivity index (χ4n) is 1.87. The molecule has 0 saturated heterocycles. The largest absolute Gasteiger partial charge is 0.349 e. The number of likely N-dealkylation sites (N-methyl/N-ethyl adjacent to an activating group) is 1. The van der Waals surface area contributed by atoms with Crippen molar-refractivity contribution in [2.75, 3.05) is 19.4 Å². The zero-order valence-corrected chi connectivity index (χ0v) is 13.3. The first-order chi connectivity index (χ1) is 9.82. The molecule has 1 rings (SSSR count). The van der Waals surface area contributed by atoms with Crippen molar-refractivity contribution in [3.63, 3.8) is 0 Å². The average Bonchev–Trinajstić information content (AvgIpc) is 2.48. The molecule has 5 heteroatoms. The molecule has 0 aliphatic rings. The van der Waals surface area contributed by atoms with Gasteiger partial charge in [-0.3, -0.25) is 9.59 Å². The van der Waals surface area contributed by atoms with E-state index in [0.717, 1.165) is 5.56 Å². The van der Waals surface area contributed by atoms with Gasteiger partial charge in [0.1, 0.15) is 0 Å². The summed E-state index contributed by atoms with van der Waals surface area (Å²) in [6.45, 7) is 3.80. The van der Waals surface area contributed by atoms with Gasteiger partial charge in [0.05, 0.1) is 12.0 Å². The maximum atomic E-state index is 12.2. The van der Waals surface area contributed by atoms with Gasteiger partial charge >= 0.3 is 0 Å². The number of nitrogens with two attached hydrogens (primary N) is 1. The Kier molecular flexibility index (Phi) is 5.90. The topological polar surface area (TPSA) is 75.4 Å². The molecule has 1 aromatic rings. The molecule has 0 atom stereocenters. The van der Waals surface area contributed by atoms with Crippen LogP contribution in [0.2, 0.25) is 0 Å². The van der Waals surface area contributed by atoms with Gasteiger partial charge in [-0.05, 0) is 30.5 Å². The number of nitrogens with one attached hydrogen (secondary N) is 1. The lowest BCUT2D eigenvalue weighted by atomic mass is 9.93. The van der Waals surface area contributed by atoms with Crippen molar-refractivity contribution in [2.24, 2.45) is 5.73 Å². The van der Waals surface area contributed by atoms with Crippen molar-refractivity contribution in [3.05, 3.63) is 29.8 Å². The minimum absolute atomic E-state index is 0.0460. The molecule has 0 unspecified atom stereocenters. The molecular weight excluding hydrogens is 266 g/mol. The molecule has 116 valence electrons. The molecular formula is C16H25N3O2. The SMILES string of the molecule is CCC(N)(CC)C(=O)Nc1ccc(CC(=O)N(C)C)cc1. The van der Waals surface area contributed by atoms with Gasteiger partial charge < -0.3 is 16.0 Å². The number of nitrogens with zero attached hydrogens (tertiary/aromatic N) is 1. The standard InChI is InChI=1S/C16H25N3O2/c1-5-16(17,6-2)15(21)18-13-9-7-12(8-10-13)11-14(20)19(3)4/h7-10H,5-6,11,17H2,1-4H3,(H,18,21). The Bertz CT molecular complexity index is 491. The molecule has 3 N–H and O–H groups in total. The predicted molar refractivity (Wildman–Crippen MR) is 85.0 cm³/mol. The quantitative estimate of drug-likeness (QED) is 0.838. The normalized spacial score (nSPS) is 11.1. The van der Waals surface area contributed by atoms with E-state index in [2.05, 4.69) is 5.32 Å². The van der Waals surface area contributed by atoms with Crippen LogP contribution in [0.4, 0.5) is 5.69 Å². The Balaban J connectivity index is 2.71. The molecule has 0 aliphatic heterocycles. The number of carbonyl (C=O) groups is 2. The van der Waals surface area contributed by atoms with Crippen molar-refractivity contribution < 1.29 is 9.59 Å². The summed E-state index contributed by atoms with van der Waals surface area (Å²) in [6.07, 6.45) is 1.53. The Hall–Kier alpha value is -1.88. The minimum Gasteiger partial charge on any atom is -0.349 e. The van der Waals surface area contributed by atoms with Gasteiger partial charge in [0.15, 0.2) is 0 Å². The summed E-state index contributed by atoms with van der Waals surface area (Å²) in [6, 6.07) is 7.27. The first-order valence-corrected chi connectivity index (χ1v) is 7.21. The lowest BCUT2D eigenvalue weighted by molar-refractivity contribution is -0.128. The highest BCUT2D eigenvalue weighted by Gasteiger charge is 2.29. The van der Waals surface area contributed by atoms with E-state index >= 15 is 0 Å². The number of amides is 2. The van der Waals surface area contributed by atoms with Gasteiger partial charge in [0.25, 0.3) is 0 Å². The molecule has 5 nitrogen and oxygen atoms in total. The fourth-order valence-corrected chi connectivity index (χ4v) is 1.87. The Morgan fingerprint density at radius 2 is 1.67 bits per heavy atom. The summed E-state index contributed by atoms with van der Waals surface area (Å²) in [7, 11) is 3.46. The first kappa shape index (κ1) is 17.2. The molecule has 0 aliphatic carbocycles. The summed E-state index contributed by atoms with van der Waals surface area (Å²) in [5.74, 6) is -0.130. The zero-order valence-electron chi connectivity index (χ0n) is 13.3. The third-order valence-corrected chi connectivity index (χ3v) is 3.78. The second-order valence-electron chi connectivity index (χ2n) is 5.48. The lowest BCUT2D eigenvalue weighted by Gasteiger charge is -2.25. The molecule has 2 amide bonds. The Morgan fingerprint density at radius 1 is 1.14 bits per heavy atom. The molecule has 0 bridgehead atoms. The number of hydrogen-bond acceptors (Lipinski definition) is 3. The number of anilines is 1. The van der Waals surface area contributed by atoms with Crippen molar-refractivity contribution in [1.29, 1.82) is 0 Å². The zero-order chi connectivity index (χ0) is 16.0. The maximum absolute atomic E-state index is 12.2. The van der Waals surface area contributed by atoms with Crippen molar-refractivity contribution in [1.82, 2.24) is 4.90 Å². The average molecular weight is 291 g/mol. The van der Waals surface area contributed by atoms with E-state index in [1.165, 1.54) is 0 Å². The summed E-state index contributed by atoms with van der Waals surface area (Å²) in [5.41, 5.74) is 6.83. The van der Waals surface area contributed by atoms with Crippen LogP contribution in [-0.2, 0) is 16.0 Å². The monoisotopic (exact) mass is 291 g/mol. The highest BCUT2D eigenvalue weighted by Crippen LogP contribution is 2.16. The first-order valence-electron chi connectivity index (χ1n) is 7.21. The maximum Gasteiger partial charge on any atom is 0.244 e. The molecule has 21 heavy (non-hydrogen) atoms. The summed E-state index contributed by atoms with van der Waals surface area (Å²) in [5, 5.41) is 2.83. The molecule has 1 aromatic carbocycles. The van der Waals surface area contributed by atoms with E-state index in [-0.39, 0.29) is 11.8 Å². The molecule has 0 aromatic heterocycles. The number of hydrogen-bond donors (Lipinski definition) is 2. The van der Waals surface area contributed by atoms with Crippen LogP contribution in [-0.4, -0.2) is 36.3 Å². The second kappa shape index (κ2) is 7.22. The molecule has 0 heterocycles. The van der Waals surface area contributed by atoms with E-state index in [1.54, 1.807) is 31.1 Å². The second-order valence-corrected chi connectivity index (χ2v) is 5.48. The molecule has 0 spiro atoms. The van der Waals surface area contributed by atoms with Gasteiger partial charge in [-0.1, -0.05) is 26.0 Å². The number of benzene rings is 1. The van der Waals surface area contributed by atoms with Crippen LogP contribution in [0.5, 0.6) is 0 Å². The summed E-state index contributed by atoms with van der Waals surface area (Å²) in [4.78, 5) is 25.3. The highest BCUT2D eigenvalue weighted by atomic mass is 16.2. The summed E-state index contributed by atoms with van der Waals surface area (Å²) < 4.78 is 0. The van der Waals surface area contributed by atoms with E-state index in [4.69, 9.17) is 5.73 Å². The van der Waals surface area contributed by atoms with Crippen molar-refractivity contribution in [2.45, 2.75) is 38.6 Å². The van der Waals surface area contributed by atoms with Gasteiger partial charge in [-0.2, -0.15) is 0 Å². The van der Waals surface area contributed by atoms with Crippen LogP contribution in [0.3, 0.4) is 0 Å². The van der Waals surface area contributed by atoms with Crippen LogP contribution >= 0.6 is 0 Å². The van der Waals surface area contributed by atoms with Gasteiger partial charge in [0.2, 0.25) is 11.8 Å². The Labute approximate surface area is 126 Å². The lowest BCUT2D eigenvalue weighted by Crippen LogP contribution is -2.50. The molecule has 0 radical (unpaired) electrons. The van der Waals surface area contributed by atoms with Crippen molar-refractivity contribution in [3.8, 4) is 0 Å². The Morgan fingerprint density at radius 3 is 2.10 bits per heavy atom. The third-order valence-electron chi connectivity index (χ3n) is 3.78. The van der Waals surface area contributed by atoms with Crippen LogP contribution < -0.4 is 11.1 Å². The van der Waals surface area contributed by atoms with Gasteiger partial charge in [0, 0.05) is 19.8 Å². The van der Waals surface area contributed by atoms with Crippen LogP contribution in [0.25, 0.3) is 0 Å². The van der Waals surface area contributed by atoms with E-state index in [9.17, 15) is 9.59 Å². The highest BCUT2D eigenvalue weighted by molar-refractivity contribution is 5.97. The van der Waals surface area contributed by atoms with Gasteiger partial charge in [-0.15, -0.1) is 0 Å². The predicted octanol–water partition coefficient (Wildman–Crippen LogP) is 1.77. The number of carbonyl (C=O) groups excluding carboxylic acids is 2. The summed E-state index contributed by atoms with van der Waals surface area (Å²) >= 11 is 0. The van der Waals surface area contributed by atoms with Gasteiger partial charge in [-0.25, -0.2) is 0 Å². The van der Waals surface area contributed by atoms with Crippen LogP contribution in [0, 0.1) is 0 Å². The number of rotatable bonds is 6. The third kappa shape index (κ3) is 4.56. The minimum atomic E-state index is -0.834. The van der Waals surface area contributed by atoms with Crippen molar-refractivity contribution >= 4 is 17.5 Å².